The molecule has 3 heteroatoms. The third-order valence-corrected chi connectivity index (χ3v) is 1.87. The van der Waals surface area contributed by atoms with Crippen LogP contribution < -0.4 is 0 Å². The van der Waals surface area contributed by atoms with E-state index in [1.807, 2.05) is 48.5 Å². The second-order valence-corrected chi connectivity index (χ2v) is 5.56. The Bertz CT molecular complexity index is 173. The Kier molecular flexibility index (Phi) is 7.20. The summed E-state index contributed by atoms with van der Waals surface area (Å²) in [5.41, 5.74) is -0.0995. The summed E-state index contributed by atoms with van der Waals surface area (Å²) in [5, 5.41) is 0. The number of rotatable bonds is 7. The van der Waals surface area contributed by atoms with Crippen molar-refractivity contribution < 1.29 is 14.2 Å². The second kappa shape index (κ2) is 7.25. The van der Waals surface area contributed by atoms with Gasteiger partial charge in [-0.1, -0.05) is 0 Å². The summed E-state index contributed by atoms with van der Waals surface area (Å²) in [7, 11) is 0. The van der Waals surface area contributed by atoms with E-state index in [0.29, 0.717) is 13.2 Å². The molecule has 3 nitrogen and oxygen atoms in total. The zero-order chi connectivity index (χ0) is 12.8. The third-order valence-electron chi connectivity index (χ3n) is 1.87. The quantitative estimate of drug-likeness (QED) is 0.675. The highest BCUT2D eigenvalue weighted by molar-refractivity contribution is 4.61. The van der Waals surface area contributed by atoms with E-state index in [1.165, 1.54) is 0 Å². The number of hydrogen-bond acceptors (Lipinski definition) is 3. The summed E-state index contributed by atoms with van der Waals surface area (Å²) in [6.07, 6.45) is 0.495. The minimum absolute atomic E-state index is 0.0995. The summed E-state index contributed by atoms with van der Waals surface area (Å²) in [6, 6.07) is 0. The highest BCUT2D eigenvalue weighted by atomic mass is 16.6. The highest BCUT2D eigenvalue weighted by Crippen LogP contribution is 2.08. The molecule has 0 radical (unpaired) electrons. The highest BCUT2D eigenvalue weighted by Gasteiger charge is 2.14. The topological polar surface area (TPSA) is 27.7 Å². The molecule has 0 aliphatic carbocycles. The fraction of sp³-hybridized carbons (Fsp3) is 1.00. The molecule has 0 aromatic rings. The van der Waals surface area contributed by atoms with Crippen LogP contribution in [0.25, 0.3) is 0 Å². The Balaban J connectivity index is 3.61. The Labute approximate surface area is 100 Å². The zero-order valence-corrected chi connectivity index (χ0v) is 11.9. The molecular weight excluding hydrogens is 204 g/mol. The minimum atomic E-state index is -0.0995. The van der Waals surface area contributed by atoms with Crippen molar-refractivity contribution in [2.24, 2.45) is 0 Å². The van der Waals surface area contributed by atoms with Gasteiger partial charge in [0.2, 0.25) is 0 Å². The first-order chi connectivity index (χ1) is 7.20. The van der Waals surface area contributed by atoms with Gasteiger partial charge in [-0.05, 0) is 48.5 Å². The van der Waals surface area contributed by atoms with E-state index in [0.717, 1.165) is 0 Å². The first-order valence-electron chi connectivity index (χ1n) is 6.11. The van der Waals surface area contributed by atoms with E-state index >= 15 is 0 Å². The van der Waals surface area contributed by atoms with Crippen molar-refractivity contribution in [1.29, 1.82) is 0 Å². The molecule has 0 amide bonds. The maximum absolute atomic E-state index is 5.65. The van der Waals surface area contributed by atoms with Crippen LogP contribution in [0.2, 0.25) is 0 Å². The summed E-state index contributed by atoms with van der Waals surface area (Å²) < 4.78 is 16.9. The van der Waals surface area contributed by atoms with Gasteiger partial charge < -0.3 is 14.2 Å². The lowest BCUT2D eigenvalue weighted by atomic mass is 10.2. The predicted molar refractivity (Wildman–Crippen MR) is 66.8 cm³/mol. The van der Waals surface area contributed by atoms with Crippen LogP contribution in [-0.2, 0) is 14.2 Å². The summed E-state index contributed by atoms with van der Waals surface area (Å²) in [5.74, 6) is 0. The van der Waals surface area contributed by atoms with Gasteiger partial charge in [-0.3, -0.25) is 0 Å². The molecule has 0 fully saturated rings. The van der Waals surface area contributed by atoms with Crippen molar-refractivity contribution in [2.75, 3.05) is 13.2 Å². The van der Waals surface area contributed by atoms with Gasteiger partial charge in [0.15, 0.2) is 0 Å². The zero-order valence-electron chi connectivity index (χ0n) is 11.9. The molecule has 2 unspecified atom stereocenters. The fourth-order valence-electron chi connectivity index (χ4n) is 1.22. The van der Waals surface area contributed by atoms with Crippen molar-refractivity contribution >= 4 is 0 Å². The maximum Gasteiger partial charge on any atom is 0.0784 e. The molecule has 0 aromatic heterocycles. The monoisotopic (exact) mass is 232 g/mol. The SMILES string of the molecule is CC(C)OC(C)COC(C)COC(C)(C)C. The molecule has 0 spiro atoms. The molecular formula is C13H28O3. The lowest BCUT2D eigenvalue weighted by Gasteiger charge is -2.24. The molecule has 0 N–H and O–H groups in total. The van der Waals surface area contributed by atoms with Gasteiger partial charge >= 0.3 is 0 Å². The van der Waals surface area contributed by atoms with Crippen LogP contribution in [0.15, 0.2) is 0 Å². The lowest BCUT2D eigenvalue weighted by Crippen LogP contribution is -2.29. The van der Waals surface area contributed by atoms with Crippen molar-refractivity contribution in [3.63, 3.8) is 0 Å². The van der Waals surface area contributed by atoms with Gasteiger partial charge in [0.05, 0.1) is 37.1 Å². The van der Waals surface area contributed by atoms with Gasteiger partial charge in [0.25, 0.3) is 0 Å². The molecule has 0 aromatic carbocycles. The molecule has 98 valence electrons. The van der Waals surface area contributed by atoms with E-state index in [-0.39, 0.29) is 23.9 Å². The van der Waals surface area contributed by atoms with E-state index < -0.39 is 0 Å². The molecule has 0 rings (SSSR count). The van der Waals surface area contributed by atoms with E-state index in [9.17, 15) is 0 Å². The Morgan fingerprint density at radius 1 is 0.875 bits per heavy atom. The van der Waals surface area contributed by atoms with E-state index in [2.05, 4.69) is 0 Å². The van der Waals surface area contributed by atoms with Crippen LogP contribution in [0.4, 0.5) is 0 Å². The first-order valence-corrected chi connectivity index (χ1v) is 6.11. The van der Waals surface area contributed by atoms with Crippen molar-refractivity contribution in [2.45, 2.75) is 72.4 Å². The molecule has 0 aliphatic heterocycles. The van der Waals surface area contributed by atoms with E-state index in [4.69, 9.17) is 14.2 Å². The molecule has 16 heavy (non-hydrogen) atoms. The van der Waals surface area contributed by atoms with Crippen LogP contribution in [0.1, 0.15) is 48.5 Å². The van der Waals surface area contributed by atoms with Crippen molar-refractivity contribution in [3.05, 3.63) is 0 Å². The molecule has 0 heterocycles. The maximum atomic E-state index is 5.65. The van der Waals surface area contributed by atoms with Gasteiger partial charge in [-0.25, -0.2) is 0 Å². The number of hydrogen-bond donors (Lipinski definition) is 0. The van der Waals surface area contributed by atoms with E-state index in [1.54, 1.807) is 0 Å². The van der Waals surface area contributed by atoms with Crippen molar-refractivity contribution in [1.82, 2.24) is 0 Å². The second-order valence-electron chi connectivity index (χ2n) is 5.56. The number of ether oxygens (including phenoxy) is 3. The Hall–Kier alpha value is -0.120. The lowest BCUT2D eigenvalue weighted by molar-refractivity contribution is -0.0949. The molecule has 0 bridgehead atoms. The fourth-order valence-corrected chi connectivity index (χ4v) is 1.22. The van der Waals surface area contributed by atoms with Crippen LogP contribution in [0, 0.1) is 0 Å². The summed E-state index contributed by atoms with van der Waals surface area (Å²) >= 11 is 0. The van der Waals surface area contributed by atoms with Gasteiger partial charge in [-0.2, -0.15) is 0 Å². The molecule has 2 atom stereocenters. The Morgan fingerprint density at radius 3 is 1.88 bits per heavy atom. The van der Waals surface area contributed by atoms with Crippen LogP contribution in [0.3, 0.4) is 0 Å². The summed E-state index contributed by atoms with van der Waals surface area (Å²) in [4.78, 5) is 0. The van der Waals surface area contributed by atoms with Gasteiger partial charge in [0.1, 0.15) is 0 Å². The normalized spacial score (nSPS) is 16.5. The van der Waals surface area contributed by atoms with Crippen LogP contribution in [-0.4, -0.2) is 37.1 Å². The molecule has 0 saturated heterocycles. The Morgan fingerprint density at radius 2 is 1.44 bits per heavy atom. The van der Waals surface area contributed by atoms with Gasteiger partial charge in [-0.15, -0.1) is 0 Å². The average Bonchev–Trinajstić information content (AvgIpc) is 2.09. The standard InChI is InChI=1S/C13H28O3/c1-10(2)16-12(4)8-14-11(3)9-15-13(5,6)7/h10-12H,8-9H2,1-7H3. The van der Waals surface area contributed by atoms with Gasteiger partial charge in [0, 0.05) is 0 Å². The largest absolute Gasteiger partial charge is 0.373 e. The predicted octanol–water partition coefficient (Wildman–Crippen LogP) is 3.02. The molecule has 0 saturated carbocycles. The summed E-state index contributed by atoms with van der Waals surface area (Å²) in [6.45, 7) is 15.5. The smallest absolute Gasteiger partial charge is 0.0784 e. The third kappa shape index (κ3) is 10.4. The van der Waals surface area contributed by atoms with Crippen LogP contribution in [0.5, 0.6) is 0 Å². The molecule has 0 aliphatic rings. The minimum Gasteiger partial charge on any atom is -0.373 e. The first kappa shape index (κ1) is 15.9. The van der Waals surface area contributed by atoms with Crippen molar-refractivity contribution in [3.8, 4) is 0 Å². The average molecular weight is 232 g/mol. The van der Waals surface area contributed by atoms with Crippen LogP contribution >= 0.6 is 0 Å².